The molecule has 1 heterocycles. The van der Waals surface area contributed by atoms with Crippen LogP contribution in [-0.2, 0) is 9.53 Å². The van der Waals surface area contributed by atoms with Gasteiger partial charge in [-0.15, -0.1) is 0 Å². The molecule has 1 aliphatic carbocycles. The predicted molar refractivity (Wildman–Crippen MR) is 89.9 cm³/mol. The summed E-state index contributed by atoms with van der Waals surface area (Å²) in [5, 5.41) is 10.6. The minimum Gasteiger partial charge on any atom is -0.488 e. The molecule has 0 aromatic heterocycles. The van der Waals surface area contributed by atoms with Gasteiger partial charge in [-0.1, -0.05) is 18.2 Å². The average molecular weight is 334 g/mol. The maximum atomic E-state index is 12.4. The molecular weight excluding hydrogens is 308 g/mol. The van der Waals surface area contributed by atoms with E-state index < -0.39 is 6.10 Å². The van der Waals surface area contributed by atoms with Crippen molar-refractivity contribution in [3.8, 4) is 5.75 Å². The molecule has 0 unspecified atom stereocenters. The van der Waals surface area contributed by atoms with Crippen LogP contribution in [0.5, 0.6) is 5.75 Å². The Morgan fingerprint density at radius 1 is 1.29 bits per heavy atom. The van der Waals surface area contributed by atoms with Gasteiger partial charge in [0.25, 0.3) is 0 Å². The summed E-state index contributed by atoms with van der Waals surface area (Å²) in [6, 6.07) is 9.51. The first kappa shape index (κ1) is 17.2. The van der Waals surface area contributed by atoms with E-state index >= 15 is 0 Å². The van der Waals surface area contributed by atoms with E-state index in [1.807, 2.05) is 47.2 Å². The van der Waals surface area contributed by atoms with E-state index in [1.54, 1.807) is 0 Å². The van der Waals surface area contributed by atoms with Gasteiger partial charge in [0.2, 0.25) is 5.91 Å². The molecule has 2 fully saturated rings. The summed E-state index contributed by atoms with van der Waals surface area (Å²) < 4.78 is 11.2. The van der Waals surface area contributed by atoms with Crippen LogP contribution in [-0.4, -0.2) is 79.0 Å². The monoisotopic (exact) mass is 334 g/mol. The fourth-order valence-electron chi connectivity index (χ4n) is 3.45. The van der Waals surface area contributed by atoms with Crippen molar-refractivity contribution >= 4 is 5.91 Å². The third kappa shape index (κ3) is 4.06. The molecule has 132 valence electrons. The number of morpholine rings is 1. The van der Waals surface area contributed by atoms with Crippen molar-refractivity contribution in [3.05, 3.63) is 30.3 Å². The van der Waals surface area contributed by atoms with E-state index in [0.29, 0.717) is 32.8 Å². The van der Waals surface area contributed by atoms with Crippen LogP contribution in [0.1, 0.15) is 12.8 Å². The van der Waals surface area contributed by atoms with Gasteiger partial charge in [-0.3, -0.25) is 9.69 Å². The number of carbonyl (C=O) groups is 1. The highest BCUT2D eigenvalue weighted by molar-refractivity contribution is 5.78. The van der Waals surface area contributed by atoms with Crippen molar-refractivity contribution in [2.75, 3.05) is 39.9 Å². The quantitative estimate of drug-likeness (QED) is 0.861. The van der Waals surface area contributed by atoms with Crippen molar-refractivity contribution in [2.45, 2.75) is 31.1 Å². The van der Waals surface area contributed by atoms with Crippen LogP contribution in [0.2, 0.25) is 0 Å². The van der Waals surface area contributed by atoms with Crippen LogP contribution >= 0.6 is 0 Å². The van der Waals surface area contributed by atoms with E-state index in [4.69, 9.17) is 9.47 Å². The van der Waals surface area contributed by atoms with Crippen LogP contribution in [0, 0.1) is 0 Å². The molecule has 1 amide bonds. The predicted octanol–water partition coefficient (Wildman–Crippen LogP) is 0.748. The van der Waals surface area contributed by atoms with Crippen molar-refractivity contribution in [2.24, 2.45) is 0 Å². The van der Waals surface area contributed by atoms with Gasteiger partial charge in [-0.2, -0.15) is 0 Å². The summed E-state index contributed by atoms with van der Waals surface area (Å²) in [7, 11) is 1.90. The van der Waals surface area contributed by atoms with Gasteiger partial charge in [-0.05, 0) is 32.0 Å². The highest BCUT2D eigenvalue weighted by atomic mass is 16.5. The lowest BCUT2D eigenvalue weighted by Gasteiger charge is -2.32. The number of amides is 1. The van der Waals surface area contributed by atoms with Gasteiger partial charge in [0.1, 0.15) is 18.0 Å². The van der Waals surface area contributed by atoms with Crippen LogP contribution < -0.4 is 4.74 Å². The zero-order valence-corrected chi connectivity index (χ0v) is 14.1. The number of rotatable bonds is 5. The van der Waals surface area contributed by atoms with Gasteiger partial charge in [-0.25, -0.2) is 0 Å². The number of para-hydroxylation sites is 1. The van der Waals surface area contributed by atoms with Crippen molar-refractivity contribution in [1.29, 1.82) is 0 Å². The molecular formula is C18H26N2O4. The normalized spacial score (nSPS) is 27.5. The third-order valence-corrected chi connectivity index (χ3v) is 4.87. The second-order valence-corrected chi connectivity index (χ2v) is 6.51. The molecule has 0 spiro atoms. The number of benzene rings is 1. The Morgan fingerprint density at radius 2 is 2.00 bits per heavy atom. The Balaban J connectivity index is 1.52. The molecule has 1 aromatic carbocycles. The van der Waals surface area contributed by atoms with Gasteiger partial charge in [0.15, 0.2) is 0 Å². The lowest BCUT2D eigenvalue weighted by atomic mass is 10.1. The Hall–Kier alpha value is -1.63. The number of aliphatic hydroxyl groups is 1. The number of hydrogen-bond donors (Lipinski definition) is 1. The smallest absolute Gasteiger partial charge is 0.236 e. The van der Waals surface area contributed by atoms with Crippen LogP contribution in [0.3, 0.4) is 0 Å². The number of ether oxygens (including phenoxy) is 2. The first-order valence-corrected chi connectivity index (χ1v) is 8.60. The summed E-state index contributed by atoms with van der Waals surface area (Å²) in [5.74, 6) is 0.870. The van der Waals surface area contributed by atoms with E-state index in [0.717, 1.165) is 18.6 Å². The van der Waals surface area contributed by atoms with Crippen LogP contribution in [0.25, 0.3) is 0 Å². The molecule has 1 saturated heterocycles. The molecule has 1 aromatic rings. The lowest BCUT2D eigenvalue weighted by Crippen LogP contribution is -2.49. The SMILES string of the molecule is CN(CC(=O)N1CCOCC1)[C@@H]1CC[C@H](Oc2ccccc2)[C@H]1O. The zero-order valence-electron chi connectivity index (χ0n) is 14.1. The zero-order chi connectivity index (χ0) is 16.9. The molecule has 3 atom stereocenters. The van der Waals surface area contributed by atoms with Crippen molar-refractivity contribution < 1.29 is 19.4 Å². The molecule has 1 aliphatic heterocycles. The first-order valence-electron chi connectivity index (χ1n) is 8.60. The average Bonchev–Trinajstić information content (AvgIpc) is 2.97. The standard InChI is InChI=1S/C18H26N2O4/c1-19(13-17(21)20-9-11-23-12-10-20)15-7-8-16(18(15)22)24-14-5-3-2-4-6-14/h2-6,15-16,18,22H,7-13H2,1H3/t15-,16+,18+/m1/s1. The number of aliphatic hydroxyl groups excluding tert-OH is 1. The molecule has 2 aliphatic rings. The highest BCUT2D eigenvalue weighted by Gasteiger charge is 2.39. The molecule has 6 nitrogen and oxygen atoms in total. The fourth-order valence-corrected chi connectivity index (χ4v) is 3.45. The van der Waals surface area contributed by atoms with Gasteiger partial charge in [0, 0.05) is 19.1 Å². The minimum absolute atomic E-state index is 0.0521. The molecule has 24 heavy (non-hydrogen) atoms. The number of likely N-dealkylation sites (N-methyl/N-ethyl adjacent to an activating group) is 1. The highest BCUT2D eigenvalue weighted by Crippen LogP contribution is 2.28. The van der Waals surface area contributed by atoms with Gasteiger partial charge >= 0.3 is 0 Å². The second kappa shape index (κ2) is 7.96. The Kier molecular flexibility index (Phi) is 5.71. The lowest BCUT2D eigenvalue weighted by molar-refractivity contribution is -0.137. The molecule has 1 saturated carbocycles. The third-order valence-electron chi connectivity index (χ3n) is 4.87. The maximum absolute atomic E-state index is 12.4. The van der Waals surface area contributed by atoms with Crippen molar-refractivity contribution in [3.63, 3.8) is 0 Å². The maximum Gasteiger partial charge on any atom is 0.236 e. The first-order chi connectivity index (χ1) is 11.6. The van der Waals surface area contributed by atoms with Crippen LogP contribution in [0.15, 0.2) is 30.3 Å². The number of carbonyl (C=O) groups excluding carboxylic acids is 1. The fraction of sp³-hybridized carbons (Fsp3) is 0.611. The van der Waals surface area contributed by atoms with Crippen molar-refractivity contribution in [1.82, 2.24) is 9.80 Å². The summed E-state index contributed by atoms with van der Waals surface area (Å²) in [5.41, 5.74) is 0. The summed E-state index contributed by atoms with van der Waals surface area (Å²) in [4.78, 5) is 16.1. The number of nitrogens with zero attached hydrogens (tertiary/aromatic N) is 2. The Labute approximate surface area is 143 Å². The topological polar surface area (TPSA) is 62.2 Å². The van der Waals surface area contributed by atoms with E-state index in [9.17, 15) is 9.90 Å². The largest absolute Gasteiger partial charge is 0.488 e. The number of hydrogen-bond acceptors (Lipinski definition) is 5. The van der Waals surface area contributed by atoms with Crippen LogP contribution in [0.4, 0.5) is 0 Å². The molecule has 3 rings (SSSR count). The minimum atomic E-state index is -0.590. The van der Waals surface area contributed by atoms with E-state index in [2.05, 4.69) is 0 Å². The van der Waals surface area contributed by atoms with E-state index in [-0.39, 0.29) is 18.1 Å². The summed E-state index contributed by atoms with van der Waals surface area (Å²) in [6.45, 7) is 2.84. The Bertz CT molecular complexity index is 533. The molecule has 0 bridgehead atoms. The Morgan fingerprint density at radius 3 is 2.71 bits per heavy atom. The van der Waals surface area contributed by atoms with Gasteiger partial charge < -0.3 is 19.5 Å². The molecule has 0 radical (unpaired) electrons. The summed E-state index contributed by atoms with van der Waals surface area (Å²) >= 11 is 0. The summed E-state index contributed by atoms with van der Waals surface area (Å²) in [6.07, 6.45) is 0.800. The molecule has 1 N–H and O–H groups in total. The second-order valence-electron chi connectivity index (χ2n) is 6.51. The van der Waals surface area contributed by atoms with Gasteiger partial charge in [0.05, 0.1) is 19.8 Å². The van der Waals surface area contributed by atoms with E-state index in [1.165, 1.54) is 0 Å². The molecule has 6 heteroatoms.